The first-order valence-corrected chi connectivity index (χ1v) is 6.06. The maximum absolute atomic E-state index is 11.5. The number of aryl methyl sites for hydroxylation is 1. The van der Waals surface area contributed by atoms with Gasteiger partial charge in [-0.05, 0) is 12.5 Å². The van der Waals surface area contributed by atoms with Crippen molar-refractivity contribution in [3.8, 4) is 0 Å². The van der Waals surface area contributed by atoms with Gasteiger partial charge < -0.3 is 10.1 Å². The zero-order chi connectivity index (χ0) is 13.7. The van der Waals surface area contributed by atoms with E-state index >= 15 is 0 Å². The lowest BCUT2D eigenvalue weighted by Gasteiger charge is -2.08. The van der Waals surface area contributed by atoms with Gasteiger partial charge in [0.05, 0.1) is 12.2 Å². The molecule has 1 aromatic heterocycles. The minimum absolute atomic E-state index is 0.0373. The molecule has 5 heteroatoms. The fraction of sp³-hybridized carbons (Fsp3) is 0.286. The van der Waals surface area contributed by atoms with E-state index in [2.05, 4.69) is 10.4 Å². The minimum atomic E-state index is -0.184. The third-order valence-corrected chi connectivity index (χ3v) is 2.62. The largest absolute Gasteiger partial charge is 0.375 e. The molecule has 0 saturated carbocycles. The lowest BCUT2D eigenvalue weighted by molar-refractivity contribution is -0.119. The third-order valence-electron chi connectivity index (χ3n) is 2.62. The van der Waals surface area contributed by atoms with E-state index in [1.807, 2.05) is 43.3 Å². The summed E-state index contributed by atoms with van der Waals surface area (Å²) in [6, 6.07) is 11.8. The summed E-state index contributed by atoms with van der Waals surface area (Å²) in [6.07, 6.45) is 0. The van der Waals surface area contributed by atoms with Gasteiger partial charge >= 0.3 is 0 Å². The van der Waals surface area contributed by atoms with Crippen LogP contribution in [0.4, 0.5) is 5.82 Å². The second kappa shape index (κ2) is 6.15. The van der Waals surface area contributed by atoms with E-state index < -0.39 is 0 Å². The molecular weight excluding hydrogens is 242 g/mol. The second-order valence-electron chi connectivity index (χ2n) is 4.30. The number of nitrogens with one attached hydrogen (secondary N) is 1. The standard InChI is InChI=1S/C14H17N3O2/c1-11-8-13(15-14(18)10-19-2)17(16-11)9-12-6-4-3-5-7-12/h3-8H,9-10H2,1-2H3,(H,15,18). The minimum Gasteiger partial charge on any atom is -0.375 e. The Hall–Kier alpha value is -2.14. The van der Waals surface area contributed by atoms with Crippen LogP contribution in [0.1, 0.15) is 11.3 Å². The molecule has 1 N–H and O–H groups in total. The summed E-state index contributed by atoms with van der Waals surface area (Å²) in [5.74, 6) is 0.500. The quantitative estimate of drug-likeness (QED) is 0.891. The SMILES string of the molecule is COCC(=O)Nc1cc(C)nn1Cc1ccccc1. The molecule has 2 rings (SSSR count). The summed E-state index contributed by atoms with van der Waals surface area (Å²) >= 11 is 0. The van der Waals surface area contributed by atoms with Crippen LogP contribution in [0.5, 0.6) is 0 Å². The van der Waals surface area contributed by atoms with Crippen LogP contribution in [-0.2, 0) is 16.1 Å². The number of amides is 1. The Kier molecular flexibility index (Phi) is 4.30. The Morgan fingerprint density at radius 2 is 2.11 bits per heavy atom. The van der Waals surface area contributed by atoms with Crippen LogP contribution in [-0.4, -0.2) is 29.4 Å². The van der Waals surface area contributed by atoms with E-state index in [1.54, 1.807) is 4.68 Å². The zero-order valence-electron chi connectivity index (χ0n) is 11.1. The Labute approximate surface area is 112 Å². The van der Waals surface area contributed by atoms with E-state index in [0.717, 1.165) is 11.3 Å². The molecular formula is C14H17N3O2. The fourth-order valence-corrected chi connectivity index (χ4v) is 1.83. The monoisotopic (exact) mass is 259 g/mol. The first-order valence-electron chi connectivity index (χ1n) is 6.06. The molecule has 0 unspecified atom stereocenters. The van der Waals surface area contributed by atoms with E-state index in [0.29, 0.717) is 12.4 Å². The van der Waals surface area contributed by atoms with Crippen LogP contribution < -0.4 is 5.32 Å². The van der Waals surface area contributed by atoms with Crippen LogP contribution >= 0.6 is 0 Å². The first kappa shape index (κ1) is 13.3. The molecule has 0 aliphatic rings. The Bertz CT molecular complexity index is 549. The zero-order valence-corrected chi connectivity index (χ0v) is 11.1. The normalized spacial score (nSPS) is 10.4. The molecule has 19 heavy (non-hydrogen) atoms. The molecule has 100 valence electrons. The molecule has 5 nitrogen and oxygen atoms in total. The van der Waals surface area contributed by atoms with Gasteiger partial charge in [0, 0.05) is 13.2 Å². The van der Waals surface area contributed by atoms with Gasteiger partial charge in [-0.15, -0.1) is 0 Å². The molecule has 0 radical (unpaired) electrons. The number of nitrogens with zero attached hydrogens (tertiary/aromatic N) is 2. The molecule has 0 bridgehead atoms. The van der Waals surface area contributed by atoms with Gasteiger partial charge in [0.1, 0.15) is 12.4 Å². The number of benzene rings is 1. The average molecular weight is 259 g/mol. The highest BCUT2D eigenvalue weighted by atomic mass is 16.5. The summed E-state index contributed by atoms with van der Waals surface area (Å²) in [7, 11) is 1.49. The molecule has 0 spiro atoms. The number of carbonyl (C=O) groups is 1. The van der Waals surface area contributed by atoms with Crippen molar-refractivity contribution in [2.75, 3.05) is 19.0 Å². The van der Waals surface area contributed by atoms with E-state index in [1.165, 1.54) is 7.11 Å². The van der Waals surface area contributed by atoms with E-state index in [4.69, 9.17) is 4.74 Å². The van der Waals surface area contributed by atoms with E-state index in [9.17, 15) is 4.79 Å². The van der Waals surface area contributed by atoms with Gasteiger partial charge in [0.15, 0.2) is 0 Å². The van der Waals surface area contributed by atoms with Crippen molar-refractivity contribution in [2.45, 2.75) is 13.5 Å². The molecule has 0 aliphatic heterocycles. The molecule has 1 heterocycles. The van der Waals surface area contributed by atoms with Crippen molar-refractivity contribution in [2.24, 2.45) is 0 Å². The van der Waals surface area contributed by atoms with Gasteiger partial charge in [-0.3, -0.25) is 4.79 Å². The average Bonchev–Trinajstić information content (AvgIpc) is 2.71. The number of hydrogen-bond acceptors (Lipinski definition) is 3. The predicted octanol–water partition coefficient (Wildman–Crippen LogP) is 1.82. The number of hydrogen-bond donors (Lipinski definition) is 1. The smallest absolute Gasteiger partial charge is 0.251 e. The van der Waals surface area contributed by atoms with Crippen LogP contribution in [0.3, 0.4) is 0 Å². The molecule has 0 saturated heterocycles. The van der Waals surface area contributed by atoms with Crippen LogP contribution in [0.15, 0.2) is 36.4 Å². The molecule has 1 aromatic carbocycles. The number of methoxy groups -OCH3 is 1. The van der Waals surface area contributed by atoms with Gasteiger partial charge in [-0.1, -0.05) is 30.3 Å². The van der Waals surface area contributed by atoms with Crippen molar-refractivity contribution in [1.29, 1.82) is 0 Å². The Morgan fingerprint density at radius 3 is 2.79 bits per heavy atom. The van der Waals surface area contributed by atoms with Gasteiger partial charge in [-0.2, -0.15) is 5.10 Å². The molecule has 0 atom stereocenters. The van der Waals surface area contributed by atoms with Gasteiger partial charge in [-0.25, -0.2) is 4.68 Å². The van der Waals surface area contributed by atoms with Crippen molar-refractivity contribution in [3.05, 3.63) is 47.7 Å². The molecule has 0 fully saturated rings. The number of aromatic nitrogens is 2. The van der Waals surface area contributed by atoms with Crippen molar-refractivity contribution in [1.82, 2.24) is 9.78 Å². The molecule has 0 aliphatic carbocycles. The first-order chi connectivity index (χ1) is 9.19. The van der Waals surface area contributed by atoms with Crippen molar-refractivity contribution in [3.63, 3.8) is 0 Å². The van der Waals surface area contributed by atoms with Gasteiger partial charge in [0.25, 0.3) is 5.91 Å². The number of ether oxygens (including phenoxy) is 1. The van der Waals surface area contributed by atoms with E-state index in [-0.39, 0.29) is 12.5 Å². The predicted molar refractivity (Wildman–Crippen MR) is 73.0 cm³/mol. The summed E-state index contributed by atoms with van der Waals surface area (Å²) < 4.78 is 6.58. The second-order valence-corrected chi connectivity index (χ2v) is 4.30. The van der Waals surface area contributed by atoms with Crippen molar-refractivity contribution >= 4 is 11.7 Å². The molecule has 1 amide bonds. The Morgan fingerprint density at radius 1 is 1.37 bits per heavy atom. The summed E-state index contributed by atoms with van der Waals surface area (Å²) in [5.41, 5.74) is 2.00. The highest BCUT2D eigenvalue weighted by Gasteiger charge is 2.09. The maximum atomic E-state index is 11.5. The lowest BCUT2D eigenvalue weighted by atomic mass is 10.2. The van der Waals surface area contributed by atoms with Crippen LogP contribution in [0, 0.1) is 6.92 Å². The summed E-state index contributed by atoms with van der Waals surface area (Å²) in [6.45, 7) is 2.56. The number of rotatable bonds is 5. The maximum Gasteiger partial charge on any atom is 0.251 e. The molecule has 2 aromatic rings. The Balaban J connectivity index is 2.14. The van der Waals surface area contributed by atoms with Crippen molar-refractivity contribution < 1.29 is 9.53 Å². The van der Waals surface area contributed by atoms with Crippen LogP contribution in [0.2, 0.25) is 0 Å². The summed E-state index contributed by atoms with van der Waals surface area (Å²) in [5, 5.41) is 7.17. The highest BCUT2D eigenvalue weighted by molar-refractivity contribution is 5.90. The summed E-state index contributed by atoms with van der Waals surface area (Å²) in [4.78, 5) is 11.5. The fourth-order valence-electron chi connectivity index (χ4n) is 1.83. The number of anilines is 1. The lowest BCUT2D eigenvalue weighted by Crippen LogP contribution is -2.20. The topological polar surface area (TPSA) is 56.1 Å². The number of carbonyl (C=O) groups excluding carboxylic acids is 1. The third kappa shape index (κ3) is 3.66. The van der Waals surface area contributed by atoms with Crippen LogP contribution in [0.25, 0.3) is 0 Å². The van der Waals surface area contributed by atoms with Gasteiger partial charge in [0.2, 0.25) is 0 Å². The highest BCUT2D eigenvalue weighted by Crippen LogP contribution is 2.12.